The molecule has 3 aromatic rings. The SMILES string of the molecule is CC(C)CCCOc1cc(Cc2ccccc2)n(-c2ccccc2)n1. The van der Waals surface area contributed by atoms with Crippen LogP contribution in [0.1, 0.15) is 37.9 Å². The molecule has 1 heterocycles. The monoisotopic (exact) mass is 334 g/mol. The van der Waals surface area contributed by atoms with Crippen molar-refractivity contribution in [1.82, 2.24) is 9.78 Å². The maximum atomic E-state index is 5.90. The minimum atomic E-state index is 0.707. The molecular formula is C22H26N2O. The van der Waals surface area contributed by atoms with Crippen LogP contribution in [0.25, 0.3) is 5.69 Å². The molecule has 0 atom stereocenters. The van der Waals surface area contributed by atoms with E-state index in [1.807, 2.05) is 28.9 Å². The van der Waals surface area contributed by atoms with Crippen LogP contribution in [-0.2, 0) is 6.42 Å². The van der Waals surface area contributed by atoms with Gasteiger partial charge in [-0.25, -0.2) is 4.68 Å². The molecule has 2 aromatic carbocycles. The summed E-state index contributed by atoms with van der Waals surface area (Å²) in [4.78, 5) is 0. The number of para-hydroxylation sites is 1. The molecule has 0 unspecified atom stereocenters. The number of hydrogen-bond donors (Lipinski definition) is 0. The van der Waals surface area contributed by atoms with Crippen molar-refractivity contribution in [2.45, 2.75) is 33.1 Å². The van der Waals surface area contributed by atoms with Crippen molar-refractivity contribution in [2.75, 3.05) is 6.61 Å². The van der Waals surface area contributed by atoms with E-state index in [1.165, 1.54) is 12.0 Å². The van der Waals surface area contributed by atoms with Gasteiger partial charge < -0.3 is 4.74 Å². The Kier molecular flexibility index (Phi) is 5.89. The highest BCUT2D eigenvalue weighted by Crippen LogP contribution is 2.20. The second-order valence-corrected chi connectivity index (χ2v) is 6.77. The number of nitrogens with zero attached hydrogens (tertiary/aromatic N) is 2. The Bertz CT molecular complexity index is 763. The van der Waals surface area contributed by atoms with Crippen LogP contribution >= 0.6 is 0 Å². The quantitative estimate of drug-likeness (QED) is 0.524. The van der Waals surface area contributed by atoms with Crippen LogP contribution in [0.15, 0.2) is 66.7 Å². The van der Waals surface area contributed by atoms with Crippen LogP contribution in [0.3, 0.4) is 0 Å². The third-order valence-electron chi connectivity index (χ3n) is 4.17. The van der Waals surface area contributed by atoms with Gasteiger partial charge in [-0.2, -0.15) is 0 Å². The number of benzene rings is 2. The van der Waals surface area contributed by atoms with E-state index < -0.39 is 0 Å². The van der Waals surface area contributed by atoms with Crippen molar-refractivity contribution in [2.24, 2.45) is 5.92 Å². The highest BCUT2D eigenvalue weighted by molar-refractivity contribution is 5.36. The zero-order valence-corrected chi connectivity index (χ0v) is 15.1. The van der Waals surface area contributed by atoms with Crippen molar-refractivity contribution in [3.8, 4) is 11.6 Å². The number of ether oxygens (including phenoxy) is 1. The van der Waals surface area contributed by atoms with Crippen LogP contribution in [-0.4, -0.2) is 16.4 Å². The van der Waals surface area contributed by atoms with Crippen molar-refractivity contribution >= 4 is 0 Å². The molecule has 0 amide bonds. The van der Waals surface area contributed by atoms with Gasteiger partial charge in [0, 0.05) is 12.5 Å². The number of hydrogen-bond acceptors (Lipinski definition) is 2. The average Bonchev–Trinajstić information content (AvgIpc) is 3.03. The largest absolute Gasteiger partial charge is 0.477 e. The molecule has 1 aromatic heterocycles. The first-order valence-corrected chi connectivity index (χ1v) is 9.03. The smallest absolute Gasteiger partial charge is 0.233 e. The van der Waals surface area contributed by atoms with E-state index in [-0.39, 0.29) is 0 Å². The Morgan fingerprint density at radius 3 is 2.32 bits per heavy atom. The van der Waals surface area contributed by atoms with Gasteiger partial charge in [-0.3, -0.25) is 0 Å². The van der Waals surface area contributed by atoms with Crippen molar-refractivity contribution in [3.63, 3.8) is 0 Å². The molecule has 3 heteroatoms. The molecule has 0 fully saturated rings. The normalized spacial score (nSPS) is 11.0. The highest BCUT2D eigenvalue weighted by atomic mass is 16.5. The van der Waals surface area contributed by atoms with Gasteiger partial charge in [-0.05, 0) is 36.5 Å². The van der Waals surface area contributed by atoms with E-state index in [0.717, 1.165) is 30.8 Å². The van der Waals surface area contributed by atoms with Crippen molar-refractivity contribution < 1.29 is 4.74 Å². The van der Waals surface area contributed by atoms with Gasteiger partial charge in [-0.15, -0.1) is 5.10 Å². The molecule has 0 spiro atoms. The van der Waals surface area contributed by atoms with Crippen molar-refractivity contribution in [3.05, 3.63) is 78.0 Å². The maximum Gasteiger partial charge on any atom is 0.233 e. The highest BCUT2D eigenvalue weighted by Gasteiger charge is 2.11. The summed E-state index contributed by atoms with van der Waals surface area (Å²) in [5.74, 6) is 1.41. The molecule has 0 saturated heterocycles. The van der Waals surface area contributed by atoms with Crippen LogP contribution in [0.5, 0.6) is 5.88 Å². The topological polar surface area (TPSA) is 27.1 Å². The molecule has 0 aliphatic carbocycles. The van der Waals surface area contributed by atoms with Crippen LogP contribution in [0.4, 0.5) is 0 Å². The molecule has 3 rings (SSSR count). The molecule has 0 aliphatic heterocycles. The van der Waals surface area contributed by atoms with Gasteiger partial charge in [0.15, 0.2) is 0 Å². The Hall–Kier alpha value is -2.55. The molecule has 25 heavy (non-hydrogen) atoms. The molecule has 0 aliphatic rings. The first kappa shape index (κ1) is 17.3. The standard InChI is InChI=1S/C22H26N2O/c1-18(2)10-9-15-25-22-17-21(16-19-11-5-3-6-12-19)24(23-22)20-13-7-4-8-14-20/h3-8,11-14,17-18H,9-10,15-16H2,1-2H3. The fourth-order valence-corrected chi connectivity index (χ4v) is 2.86. The molecule has 0 radical (unpaired) electrons. The van der Waals surface area contributed by atoms with Gasteiger partial charge in [0.2, 0.25) is 5.88 Å². The van der Waals surface area contributed by atoms with Crippen LogP contribution < -0.4 is 4.74 Å². The summed E-state index contributed by atoms with van der Waals surface area (Å²) in [5, 5.41) is 4.69. The summed E-state index contributed by atoms with van der Waals surface area (Å²) in [6.07, 6.45) is 3.07. The Balaban J connectivity index is 1.79. The lowest BCUT2D eigenvalue weighted by Crippen LogP contribution is -2.03. The van der Waals surface area contributed by atoms with Gasteiger partial charge in [-0.1, -0.05) is 62.4 Å². The van der Waals surface area contributed by atoms with E-state index in [1.54, 1.807) is 0 Å². The molecule has 0 N–H and O–H groups in total. The second kappa shape index (κ2) is 8.52. The first-order chi connectivity index (χ1) is 12.2. The first-order valence-electron chi connectivity index (χ1n) is 9.03. The Morgan fingerprint density at radius 1 is 0.960 bits per heavy atom. The minimum absolute atomic E-state index is 0.707. The van der Waals surface area contributed by atoms with E-state index in [0.29, 0.717) is 11.8 Å². The average molecular weight is 334 g/mol. The summed E-state index contributed by atoms with van der Waals surface area (Å²) in [5.41, 5.74) is 3.47. The van der Waals surface area contributed by atoms with Crippen LogP contribution in [0.2, 0.25) is 0 Å². The van der Waals surface area contributed by atoms with E-state index >= 15 is 0 Å². The number of aromatic nitrogens is 2. The Morgan fingerprint density at radius 2 is 1.64 bits per heavy atom. The lowest BCUT2D eigenvalue weighted by molar-refractivity contribution is 0.285. The summed E-state index contributed by atoms with van der Waals surface area (Å²) in [7, 11) is 0. The predicted octanol–water partition coefficient (Wildman–Crippen LogP) is 5.28. The van der Waals surface area contributed by atoms with E-state index in [2.05, 4.69) is 61.4 Å². The summed E-state index contributed by atoms with van der Waals surface area (Å²) in [6, 6.07) is 22.8. The van der Waals surface area contributed by atoms with Gasteiger partial charge in [0.05, 0.1) is 18.0 Å². The predicted molar refractivity (Wildman–Crippen MR) is 102 cm³/mol. The van der Waals surface area contributed by atoms with Crippen molar-refractivity contribution in [1.29, 1.82) is 0 Å². The molecular weight excluding hydrogens is 308 g/mol. The van der Waals surface area contributed by atoms with Gasteiger partial charge in [0.1, 0.15) is 0 Å². The summed E-state index contributed by atoms with van der Waals surface area (Å²) in [6.45, 7) is 5.19. The Labute approximate surface area is 150 Å². The third kappa shape index (κ3) is 4.96. The summed E-state index contributed by atoms with van der Waals surface area (Å²) < 4.78 is 7.90. The van der Waals surface area contributed by atoms with Crippen LogP contribution in [0, 0.1) is 5.92 Å². The fourth-order valence-electron chi connectivity index (χ4n) is 2.86. The zero-order valence-electron chi connectivity index (χ0n) is 15.1. The zero-order chi connectivity index (χ0) is 17.5. The fraction of sp³-hybridized carbons (Fsp3) is 0.318. The van der Waals surface area contributed by atoms with E-state index in [4.69, 9.17) is 4.74 Å². The van der Waals surface area contributed by atoms with Gasteiger partial charge >= 0.3 is 0 Å². The van der Waals surface area contributed by atoms with Gasteiger partial charge in [0.25, 0.3) is 0 Å². The lowest BCUT2D eigenvalue weighted by Gasteiger charge is -2.07. The second-order valence-electron chi connectivity index (χ2n) is 6.77. The summed E-state index contributed by atoms with van der Waals surface area (Å²) >= 11 is 0. The maximum absolute atomic E-state index is 5.90. The molecule has 0 bridgehead atoms. The minimum Gasteiger partial charge on any atom is -0.477 e. The molecule has 3 nitrogen and oxygen atoms in total. The third-order valence-corrected chi connectivity index (χ3v) is 4.17. The van der Waals surface area contributed by atoms with E-state index in [9.17, 15) is 0 Å². The number of rotatable bonds is 8. The molecule has 0 saturated carbocycles. The molecule has 130 valence electrons. The lowest BCUT2D eigenvalue weighted by atomic mass is 10.1.